The third-order valence-electron chi connectivity index (χ3n) is 5.04. The molecule has 0 aliphatic carbocycles. The molecule has 3 aromatic heterocycles. The summed E-state index contributed by atoms with van der Waals surface area (Å²) in [7, 11) is 0. The summed E-state index contributed by atoms with van der Waals surface area (Å²) < 4.78 is 19.0. The first-order chi connectivity index (χ1) is 12.9. The lowest BCUT2D eigenvalue weighted by Crippen LogP contribution is -2.26. The fourth-order valence-electron chi connectivity index (χ4n) is 3.58. The average Bonchev–Trinajstić information content (AvgIpc) is 3.42. The van der Waals surface area contributed by atoms with Gasteiger partial charge in [0.15, 0.2) is 0 Å². The van der Waals surface area contributed by atoms with E-state index < -0.39 is 0 Å². The molecule has 2 saturated heterocycles. The van der Waals surface area contributed by atoms with E-state index in [1.807, 2.05) is 23.1 Å². The number of ether oxygens (including phenoxy) is 3. The van der Waals surface area contributed by atoms with Crippen LogP contribution in [0, 0.1) is 0 Å². The zero-order valence-electron chi connectivity index (χ0n) is 14.4. The Balaban J connectivity index is 1.49. The molecule has 8 nitrogen and oxygen atoms in total. The molecular formula is C18H21N5O3. The Morgan fingerprint density at radius 1 is 1.15 bits per heavy atom. The second-order valence-electron chi connectivity index (χ2n) is 6.77. The molecule has 0 unspecified atom stereocenters. The quantitative estimate of drug-likeness (QED) is 0.773. The van der Waals surface area contributed by atoms with Gasteiger partial charge in [0.25, 0.3) is 0 Å². The van der Waals surface area contributed by atoms with E-state index in [9.17, 15) is 0 Å². The van der Waals surface area contributed by atoms with Crippen LogP contribution in [0.1, 0.15) is 25.3 Å². The average molecular weight is 355 g/mol. The predicted octanol–water partition coefficient (Wildman–Crippen LogP) is 2.34. The van der Waals surface area contributed by atoms with E-state index >= 15 is 0 Å². The minimum absolute atomic E-state index is 0.128. The van der Waals surface area contributed by atoms with Gasteiger partial charge in [-0.1, -0.05) is 0 Å². The number of fused-ring (bicyclic) bond motifs is 1. The number of H-pyrrole nitrogens is 1. The topological polar surface area (TPSA) is 87.1 Å². The van der Waals surface area contributed by atoms with Crippen molar-refractivity contribution in [3.05, 3.63) is 24.7 Å². The summed E-state index contributed by atoms with van der Waals surface area (Å²) in [4.78, 5) is 4.47. The highest BCUT2D eigenvalue weighted by molar-refractivity contribution is 5.96. The van der Waals surface area contributed by atoms with Crippen LogP contribution < -0.4 is 4.74 Å². The van der Waals surface area contributed by atoms with Gasteiger partial charge in [-0.2, -0.15) is 10.2 Å². The van der Waals surface area contributed by atoms with Gasteiger partial charge in [0.05, 0.1) is 43.0 Å². The maximum absolute atomic E-state index is 6.20. The van der Waals surface area contributed by atoms with Crippen molar-refractivity contribution < 1.29 is 14.2 Å². The number of aromatic amines is 1. The standard InChI is InChI=1S/C18H21N5O3/c1-5-19-18(26-14-3-7-24-8-4-14)16-15(1)21-22-17(16)12-9-20-23(10-12)13-2-6-25-11-13/h1,5,9-10,13-14H,2-4,6-8,11H2,(H,21,22)/t13-/m0/s1. The van der Waals surface area contributed by atoms with E-state index in [2.05, 4.69) is 20.3 Å². The Morgan fingerprint density at radius 3 is 2.88 bits per heavy atom. The van der Waals surface area contributed by atoms with Crippen molar-refractivity contribution in [2.45, 2.75) is 31.4 Å². The summed E-state index contributed by atoms with van der Waals surface area (Å²) in [5.74, 6) is 0.620. The van der Waals surface area contributed by atoms with Crippen LogP contribution in [0.4, 0.5) is 0 Å². The van der Waals surface area contributed by atoms with Crippen molar-refractivity contribution in [3.8, 4) is 17.1 Å². The highest BCUT2D eigenvalue weighted by atomic mass is 16.5. The fourth-order valence-corrected chi connectivity index (χ4v) is 3.58. The Bertz CT molecular complexity index is 893. The van der Waals surface area contributed by atoms with Gasteiger partial charge in [-0.3, -0.25) is 9.78 Å². The smallest absolute Gasteiger partial charge is 0.225 e. The maximum atomic E-state index is 6.20. The van der Waals surface area contributed by atoms with Gasteiger partial charge < -0.3 is 14.2 Å². The summed E-state index contributed by atoms with van der Waals surface area (Å²) in [5.41, 5.74) is 2.68. The molecule has 1 atom stereocenters. The number of hydrogen-bond donors (Lipinski definition) is 1. The number of hydrogen-bond acceptors (Lipinski definition) is 6. The number of pyridine rings is 1. The SMILES string of the molecule is c1cc2[nH]nc(-c3cnn([C@H]4CCOC4)c3)c2c(OC2CCOCC2)n1. The van der Waals surface area contributed by atoms with Crippen LogP contribution in [-0.4, -0.2) is 57.5 Å². The molecule has 1 N–H and O–H groups in total. The largest absolute Gasteiger partial charge is 0.474 e. The van der Waals surface area contributed by atoms with Gasteiger partial charge in [0, 0.05) is 37.4 Å². The van der Waals surface area contributed by atoms with Gasteiger partial charge >= 0.3 is 0 Å². The van der Waals surface area contributed by atoms with Crippen LogP contribution in [0.15, 0.2) is 24.7 Å². The minimum Gasteiger partial charge on any atom is -0.474 e. The molecule has 0 saturated carbocycles. The Kier molecular flexibility index (Phi) is 4.06. The highest BCUT2D eigenvalue weighted by Gasteiger charge is 2.23. The monoisotopic (exact) mass is 355 g/mol. The molecule has 5 heterocycles. The third-order valence-corrected chi connectivity index (χ3v) is 5.04. The van der Waals surface area contributed by atoms with Crippen molar-refractivity contribution in [2.24, 2.45) is 0 Å². The lowest BCUT2D eigenvalue weighted by atomic mass is 10.1. The molecule has 0 aromatic carbocycles. The van der Waals surface area contributed by atoms with E-state index in [1.54, 1.807) is 6.20 Å². The fraction of sp³-hybridized carbons (Fsp3) is 0.500. The second-order valence-corrected chi connectivity index (χ2v) is 6.77. The zero-order valence-corrected chi connectivity index (χ0v) is 14.4. The van der Waals surface area contributed by atoms with Crippen LogP contribution in [-0.2, 0) is 9.47 Å². The first-order valence-corrected chi connectivity index (χ1v) is 9.08. The molecule has 0 spiro atoms. The van der Waals surface area contributed by atoms with Crippen LogP contribution in [0.2, 0.25) is 0 Å². The van der Waals surface area contributed by atoms with Gasteiger partial charge in [0.1, 0.15) is 11.8 Å². The van der Waals surface area contributed by atoms with Crippen molar-refractivity contribution in [2.75, 3.05) is 26.4 Å². The molecule has 2 fully saturated rings. The molecule has 0 radical (unpaired) electrons. The van der Waals surface area contributed by atoms with Gasteiger partial charge in [0.2, 0.25) is 5.88 Å². The minimum atomic E-state index is 0.128. The molecule has 2 aliphatic rings. The maximum Gasteiger partial charge on any atom is 0.225 e. The molecule has 2 aliphatic heterocycles. The number of aromatic nitrogens is 5. The molecule has 5 rings (SSSR count). The van der Waals surface area contributed by atoms with Gasteiger partial charge in [-0.25, -0.2) is 4.98 Å². The summed E-state index contributed by atoms with van der Waals surface area (Å²) in [5, 5.41) is 13.0. The van der Waals surface area contributed by atoms with Crippen molar-refractivity contribution in [1.82, 2.24) is 25.0 Å². The van der Waals surface area contributed by atoms with Crippen LogP contribution >= 0.6 is 0 Å². The number of nitrogens with one attached hydrogen (secondary N) is 1. The van der Waals surface area contributed by atoms with Crippen molar-refractivity contribution in [1.29, 1.82) is 0 Å². The lowest BCUT2D eigenvalue weighted by molar-refractivity contribution is 0.0244. The normalized spacial score (nSPS) is 21.5. The Hall–Kier alpha value is -2.45. The van der Waals surface area contributed by atoms with Gasteiger partial charge in [-0.05, 0) is 12.5 Å². The first-order valence-electron chi connectivity index (χ1n) is 9.08. The summed E-state index contributed by atoms with van der Waals surface area (Å²) in [6.45, 7) is 2.96. The van der Waals surface area contributed by atoms with Crippen LogP contribution in [0.3, 0.4) is 0 Å². The van der Waals surface area contributed by atoms with E-state index in [4.69, 9.17) is 14.2 Å². The van der Waals surface area contributed by atoms with E-state index in [0.717, 1.165) is 61.2 Å². The Morgan fingerprint density at radius 2 is 2.04 bits per heavy atom. The first kappa shape index (κ1) is 15.8. The summed E-state index contributed by atoms with van der Waals surface area (Å²) in [6, 6.07) is 2.21. The van der Waals surface area contributed by atoms with Crippen LogP contribution in [0.25, 0.3) is 22.2 Å². The third kappa shape index (κ3) is 2.85. The molecule has 8 heteroatoms. The van der Waals surface area contributed by atoms with E-state index in [1.165, 1.54) is 0 Å². The number of rotatable bonds is 4. The van der Waals surface area contributed by atoms with Crippen molar-refractivity contribution >= 4 is 10.9 Å². The summed E-state index contributed by atoms with van der Waals surface area (Å²) >= 11 is 0. The molecule has 0 amide bonds. The summed E-state index contributed by atoms with van der Waals surface area (Å²) in [6.07, 6.45) is 8.50. The lowest BCUT2D eigenvalue weighted by Gasteiger charge is -2.23. The number of nitrogens with zero attached hydrogens (tertiary/aromatic N) is 4. The van der Waals surface area contributed by atoms with Crippen LogP contribution in [0.5, 0.6) is 5.88 Å². The zero-order chi connectivity index (χ0) is 17.3. The molecule has 0 bridgehead atoms. The molecule has 26 heavy (non-hydrogen) atoms. The van der Waals surface area contributed by atoms with Crippen molar-refractivity contribution in [3.63, 3.8) is 0 Å². The Labute approximate surface area is 150 Å². The molecular weight excluding hydrogens is 334 g/mol. The molecule has 3 aromatic rings. The van der Waals surface area contributed by atoms with Gasteiger partial charge in [-0.15, -0.1) is 0 Å². The van der Waals surface area contributed by atoms with E-state index in [0.29, 0.717) is 18.5 Å². The molecule has 136 valence electrons. The van der Waals surface area contributed by atoms with E-state index in [-0.39, 0.29) is 6.10 Å². The predicted molar refractivity (Wildman–Crippen MR) is 94.1 cm³/mol. The second kappa shape index (κ2) is 6.69. The highest BCUT2D eigenvalue weighted by Crippen LogP contribution is 2.33.